The van der Waals surface area contributed by atoms with Crippen LogP contribution >= 0.6 is 23.2 Å². The van der Waals surface area contributed by atoms with E-state index in [1.54, 1.807) is 12.1 Å². The molecule has 0 unspecified atom stereocenters. The van der Waals surface area contributed by atoms with Gasteiger partial charge in [0, 0.05) is 6.04 Å². The molecule has 1 saturated carbocycles. The van der Waals surface area contributed by atoms with Gasteiger partial charge < -0.3 is 9.73 Å². The first-order valence-electron chi connectivity index (χ1n) is 9.54. The number of halogens is 2. The molecule has 0 aliphatic heterocycles. The Kier molecular flexibility index (Phi) is 7.27. The highest BCUT2D eigenvalue weighted by molar-refractivity contribution is 7.89. The molecular weight excluding hydrogens is 435 g/mol. The van der Waals surface area contributed by atoms with Gasteiger partial charge in [0.05, 0.1) is 34.3 Å². The molecule has 1 heterocycles. The number of hydrogen-bond donors (Lipinski definition) is 1. The van der Waals surface area contributed by atoms with Crippen LogP contribution in [0.1, 0.15) is 38.4 Å². The van der Waals surface area contributed by atoms with Crippen LogP contribution in [0, 0.1) is 5.92 Å². The van der Waals surface area contributed by atoms with Crippen molar-refractivity contribution in [1.29, 1.82) is 0 Å². The third-order valence-corrected chi connectivity index (χ3v) is 7.75. The van der Waals surface area contributed by atoms with Gasteiger partial charge in [-0.15, -0.1) is 0 Å². The van der Waals surface area contributed by atoms with E-state index in [-0.39, 0.29) is 40.0 Å². The van der Waals surface area contributed by atoms with E-state index in [4.69, 9.17) is 27.6 Å². The molecule has 0 radical (unpaired) electrons. The van der Waals surface area contributed by atoms with Gasteiger partial charge in [-0.05, 0) is 49.1 Å². The van der Waals surface area contributed by atoms with Crippen molar-refractivity contribution in [2.75, 3.05) is 6.54 Å². The van der Waals surface area contributed by atoms with Gasteiger partial charge >= 0.3 is 0 Å². The van der Waals surface area contributed by atoms with Crippen LogP contribution in [0.25, 0.3) is 0 Å². The summed E-state index contributed by atoms with van der Waals surface area (Å²) in [6.07, 6.45) is 5.65. The predicted octanol–water partition coefficient (Wildman–Crippen LogP) is 4.47. The lowest BCUT2D eigenvalue weighted by atomic mass is 9.86. The van der Waals surface area contributed by atoms with Crippen LogP contribution in [-0.4, -0.2) is 31.2 Å². The number of rotatable bonds is 7. The molecule has 9 heteroatoms. The molecule has 0 spiro atoms. The van der Waals surface area contributed by atoms with Crippen LogP contribution in [0.2, 0.25) is 10.0 Å². The molecule has 2 aromatic rings. The molecule has 1 aromatic heterocycles. The molecule has 158 valence electrons. The first-order chi connectivity index (χ1) is 13.8. The second-order valence-electron chi connectivity index (χ2n) is 7.36. The lowest BCUT2D eigenvalue weighted by molar-refractivity contribution is -0.122. The van der Waals surface area contributed by atoms with E-state index in [2.05, 4.69) is 12.2 Å². The van der Waals surface area contributed by atoms with Gasteiger partial charge in [0.15, 0.2) is 0 Å². The van der Waals surface area contributed by atoms with Crippen molar-refractivity contribution in [2.45, 2.75) is 50.1 Å². The quantitative estimate of drug-likeness (QED) is 0.663. The Morgan fingerprint density at radius 1 is 1.21 bits per heavy atom. The van der Waals surface area contributed by atoms with Crippen molar-refractivity contribution in [3.05, 3.63) is 52.4 Å². The van der Waals surface area contributed by atoms with Crippen LogP contribution in [0.4, 0.5) is 0 Å². The number of hydrogen-bond acceptors (Lipinski definition) is 4. The number of nitrogens with zero attached hydrogens (tertiary/aromatic N) is 1. The van der Waals surface area contributed by atoms with Gasteiger partial charge in [0.25, 0.3) is 0 Å². The Balaban J connectivity index is 1.81. The highest BCUT2D eigenvalue weighted by Gasteiger charge is 2.30. The fraction of sp³-hybridized carbons (Fsp3) is 0.450. The fourth-order valence-corrected chi connectivity index (χ4v) is 5.28. The van der Waals surface area contributed by atoms with Crippen molar-refractivity contribution in [3.63, 3.8) is 0 Å². The van der Waals surface area contributed by atoms with E-state index in [1.807, 2.05) is 0 Å². The van der Waals surface area contributed by atoms with Crippen LogP contribution < -0.4 is 5.32 Å². The summed E-state index contributed by atoms with van der Waals surface area (Å²) in [4.78, 5) is 12.7. The SMILES string of the molecule is C[C@@H]1CCCC[C@@H]1NC(=O)CN(Cc1ccco1)S(=O)(=O)c1ccc(Cl)c(Cl)c1. The first kappa shape index (κ1) is 22.2. The number of carbonyl (C=O) groups excluding carboxylic acids is 1. The number of nitrogens with one attached hydrogen (secondary N) is 1. The second-order valence-corrected chi connectivity index (χ2v) is 10.1. The molecule has 1 aliphatic carbocycles. The van der Waals surface area contributed by atoms with E-state index in [0.29, 0.717) is 11.7 Å². The maximum atomic E-state index is 13.2. The van der Waals surface area contributed by atoms with Gasteiger partial charge in [-0.3, -0.25) is 4.79 Å². The zero-order chi connectivity index (χ0) is 21.0. The molecule has 1 N–H and O–H groups in total. The Labute approximate surface area is 181 Å². The van der Waals surface area contributed by atoms with E-state index in [0.717, 1.165) is 30.0 Å². The highest BCUT2D eigenvalue weighted by Crippen LogP contribution is 2.28. The van der Waals surface area contributed by atoms with Crippen molar-refractivity contribution < 1.29 is 17.6 Å². The summed E-state index contributed by atoms with van der Waals surface area (Å²) in [5, 5.41) is 3.39. The van der Waals surface area contributed by atoms with Crippen LogP contribution in [0.3, 0.4) is 0 Å². The maximum absolute atomic E-state index is 13.2. The summed E-state index contributed by atoms with van der Waals surface area (Å²) >= 11 is 11.9. The third-order valence-electron chi connectivity index (χ3n) is 5.22. The number of benzene rings is 1. The molecule has 2 atom stereocenters. The van der Waals surface area contributed by atoms with Gasteiger partial charge in [-0.2, -0.15) is 4.31 Å². The van der Waals surface area contributed by atoms with Crippen molar-refractivity contribution in [3.8, 4) is 0 Å². The minimum Gasteiger partial charge on any atom is -0.468 e. The number of furan rings is 1. The Morgan fingerprint density at radius 2 is 1.97 bits per heavy atom. The summed E-state index contributed by atoms with van der Waals surface area (Å²) in [7, 11) is -4.00. The minimum absolute atomic E-state index is 0.0303. The zero-order valence-corrected chi connectivity index (χ0v) is 18.4. The average Bonchev–Trinajstić information content (AvgIpc) is 3.18. The Bertz CT molecular complexity index is 947. The molecule has 29 heavy (non-hydrogen) atoms. The normalized spacial score (nSPS) is 20.0. The van der Waals surface area contributed by atoms with Crippen molar-refractivity contribution in [1.82, 2.24) is 9.62 Å². The van der Waals surface area contributed by atoms with Gasteiger partial charge in [0.2, 0.25) is 15.9 Å². The lowest BCUT2D eigenvalue weighted by Gasteiger charge is -2.30. The second kappa shape index (κ2) is 9.51. The third kappa shape index (κ3) is 5.54. The summed E-state index contributed by atoms with van der Waals surface area (Å²) in [6.45, 7) is 1.73. The maximum Gasteiger partial charge on any atom is 0.244 e. The molecule has 1 aliphatic rings. The van der Waals surface area contributed by atoms with Crippen LogP contribution in [-0.2, 0) is 21.4 Å². The van der Waals surface area contributed by atoms with Crippen molar-refractivity contribution >= 4 is 39.1 Å². The standard InChI is InChI=1S/C20H24Cl2N2O4S/c1-14-5-2-3-7-19(14)23-20(25)13-24(12-15-6-4-10-28-15)29(26,27)16-8-9-17(21)18(22)11-16/h4,6,8-11,14,19H,2-3,5,7,12-13H2,1H3,(H,23,25)/t14-,19+/m1/s1. The lowest BCUT2D eigenvalue weighted by Crippen LogP contribution is -2.46. The van der Waals surface area contributed by atoms with Crippen molar-refractivity contribution in [2.24, 2.45) is 5.92 Å². The topological polar surface area (TPSA) is 79.6 Å². The van der Waals surface area contributed by atoms with Gasteiger partial charge in [-0.1, -0.05) is 43.0 Å². The summed E-state index contributed by atoms with van der Waals surface area (Å²) in [5.74, 6) is 0.476. The molecule has 6 nitrogen and oxygen atoms in total. The monoisotopic (exact) mass is 458 g/mol. The van der Waals surface area contributed by atoms with E-state index in [1.165, 1.54) is 24.5 Å². The van der Waals surface area contributed by atoms with E-state index < -0.39 is 10.0 Å². The van der Waals surface area contributed by atoms with E-state index in [9.17, 15) is 13.2 Å². The van der Waals surface area contributed by atoms with Gasteiger partial charge in [-0.25, -0.2) is 8.42 Å². The predicted molar refractivity (Wildman–Crippen MR) is 112 cm³/mol. The Morgan fingerprint density at radius 3 is 2.62 bits per heavy atom. The molecular formula is C20H24Cl2N2O4S. The zero-order valence-electron chi connectivity index (χ0n) is 16.1. The number of amides is 1. The molecule has 3 rings (SSSR count). The highest BCUT2D eigenvalue weighted by atomic mass is 35.5. The summed E-state index contributed by atoms with van der Waals surface area (Å²) < 4.78 is 32.8. The molecule has 1 amide bonds. The van der Waals surface area contributed by atoms with Crippen LogP contribution in [0.15, 0.2) is 45.9 Å². The fourth-order valence-electron chi connectivity index (χ4n) is 3.53. The number of sulfonamides is 1. The summed E-state index contributed by atoms with van der Waals surface area (Å²) in [5.41, 5.74) is 0. The molecule has 0 saturated heterocycles. The van der Waals surface area contributed by atoms with Crippen LogP contribution in [0.5, 0.6) is 0 Å². The summed E-state index contributed by atoms with van der Waals surface area (Å²) in [6, 6.07) is 7.48. The van der Waals surface area contributed by atoms with Gasteiger partial charge in [0.1, 0.15) is 5.76 Å². The molecule has 0 bridgehead atoms. The smallest absolute Gasteiger partial charge is 0.244 e. The first-order valence-corrected chi connectivity index (χ1v) is 11.7. The molecule has 1 aromatic carbocycles. The minimum atomic E-state index is -4.00. The number of carbonyl (C=O) groups is 1. The average molecular weight is 459 g/mol. The van der Waals surface area contributed by atoms with E-state index >= 15 is 0 Å². The largest absolute Gasteiger partial charge is 0.468 e. The molecule has 1 fully saturated rings. The Hall–Kier alpha value is -1.54.